The Labute approximate surface area is 134 Å². The summed E-state index contributed by atoms with van der Waals surface area (Å²) in [5.74, 6) is 1.53. The number of hydrogen-bond donors (Lipinski definition) is 1. The number of fused-ring (bicyclic) bond motifs is 1. The third-order valence-electron chi connectivity index (χ3n) is 3.79. The van der Waals surface area contributed by atoms with E-state index in [0.717, 1.165) is 28.4 Å². The summed E-state index contributed by atoms with van der Waals surface area (Å²) in [6, 6.07) is 9.39. The first kappa shape index (κ1) is 15.4. The first-order valence-electron chi connectivity index (χ1n) is 7.50. The standard InChI is InChI=1S/C17H20N2O4/c1-12-7-14(9-17(20)19(12)5-6-21-2)18-10-13-3-4-15-16(8-13)23-11-22-15/h3-4,7-9,18H,5-6,10-11H2,1-2H3. The van der Waals surface area contributed by atoms with Gasteiger partial charge in [0, 0.05) is 37.6 Å². The van der Waals surface area contributed by atoms with Gasteiger partial charge in [-0.05, 0) is 30.7 Å². The number of aryl methyl sites for hydroxylation is 1. The Kier molecular flexibility index (Phi) is 4.52. The third-order valence-corrected chi connectivity index (χ3v) is 3.79. The van der Waals surface area contributed by atoms with E-state index in [9.17, 15) is 4.79 Å². The minimum atomic E-state index is -0.0322. The fourth-order valence-electron chi connectivity index (χ4n) is 2.56. The molecular formula is C17H20N2O4. The summed E-state index contributed by atoms with van der Waals surface area (Å²) >= 11 is 0. The zero-order valence-electron chi connectivity index (χ0n) is 13.3. The molecule has 23 heavy (non-hydrogen) atoms. The molecule has 1 aromatic heterocycles. The molecule has 1 N–H and O–H groups in total. The molecule has 1 aromatic carbocycles. The van der Waals surface area contributed by atoms with E-state index in [4.69, 9.17) is 14.2 Å². The van der Waals surface area contributed by atoms with E-state index in [1.807, 2.05) is 31.2 Å². The SMILES string of the molecule is COCCn1c(C)cc(NCc2ccc3c(c2)OCO3)cc1=O. The number of benzene rings is 1. The van der Waals surface area contributed by atoms with Gasteiger partial charge < -0.3 is 24.1 Å². The van der Waals surface area contributed by atoms with Gasteiger partial charge in [-0.2, -0.15) is 0 Å². The fraction of sp³-hybridized carbons (Fsp3) is 0.353. The van der Waals surface area contributed by atoms with Crippen molar-refractivity contribution in [2.45, 2.75) is 20.0 Å². The zero-order valence-corrected chi connectivity index (χ0v) is 13.3. The van der Waals surface area contributed by atoms with Crippen molar-refractivity contribution < 1.29 is 14.2 Å². The van der Waals surface area contributed by atoms with Crippen LogP contribution in [0, 0.1) is 6.92 Å². The Morgan fingerprint density at radius 2 is 2.04 bits per heavy atom. The van der Waals surface area contributed by atoms with Crippen LogP contribution in [0.4, 0.5) is 5.69 Å². The van der Waals surface area contributed by atoms with Crippen LogP contribution in [0.3, 0.4) is 0 Å². The van der Waals surface area contributed by atoms with Crippen molar-refractivity contribution in [1.29, 1.82) is 0 Å². The lowest BCUT2D eigenvalue weighted by atomic mass is 10.2. The van der Waals surface area contributed by atoms with Crippen LogP contribution < -0.4 is 20.3 Å². The summed E-state index contributed by atoms with van der Waals surface area (Å²) in [5, 5.41) is 3.28. The van der Waals surface area contributed by atoms with Crippen LogP contribution >= 0.6 is 0 Å². The molecule has 1 aliphatic heterocycles. The molecule has 0 spiro atoms. The van der Waals surface area contributed by atoms with Crippen LogP contribution in [0.25, 0.3) is 0 Å². The normalized spacial score (nSPS) is 12.4. The number of hydrogen-bond acceptors (Lipinski definition) is 5. The molecule has 2 heterocycles. The van der Waals surface area contributed by atoms with E-state index < -0.39 is 0 Å². The van der Waals surface area contributed by atoms with Crippen molar-refractivity contribution in [3.05, 3.63) is 51.9 Å². The van der Waals surface area contributed by atoms with E-state index in [1.54, 1.807) is 17.7 Å². The first-order valence-corrected chi connectivity index (χ1v) is 7.50. The van der Waals surface area contributed by atoms with E-state index >= 15 is 0 Å². The molecule has 0 amide bonds. The van der Waals surface area contributed by atoms with Gasteiger partial charge in [-0.15, -0.1) is 0 Å². The molecule has 0 aliphatic carbocycles. The number of aromatic nitrogens is 1. The maximum Gasteiger partial charge on any atom is 0.252 e. The van der Waals surface area contributed by atoms with E-state index in [-0.39, 0.29) is 12.4 Å². The van der Waals surface area contributed by atoms with Crippen LogP contribution in [0.5, 0.6) is 11.5 Å². The predicted molar refractivity (Wildman–Crippen MR) is 87.2 cm³/mol. The highest BCUT2D eigenvalue weighted by atomic mass is 16.7. The molecule has 0 bridgehead atoms. The molecule has 122 valence electrons. The summed E-state index contributed by atoms with van der Waals surface area (Å²) in [7, 11) is 1.63. The number of nitrogens with one attached hydrogen (secondary N) is 1. The van der Waals surface area contributed by atoms with Gasteiger partial charge >= 0.3 is 0 Å². The maximum atomic E-state index is 12.2. The molecule has 3 rings (SSSR count). The number of anilines is 1. The van der Waals surface area contributed by atoms with Crippen LogP contribution in [-0.2, 0) is 17.8 Å². The number of pyridine rings is 1. The van der Waals surface area contributed by atoms with Crippen molar-refractivity contribution in [3.8, 4) is 11.5 Å². The van der Waals surface area contributed by atoms with Crippen molar-refractivity contribution in [2.24, 2.45) is 0 Å². The predicted octanol–water partition coefficient (Wildman–Crippen LogP) is 2.14. The van der Waals surface area contributed by atoms with Crippen LogP contribution in [-0.4, -0.2) is 25.1 Å². The maximum absolute atomic E-state index is 12.2. The second-order valence-electron chi connectivity index (χ2n) is 5.41. The van der Waals surface area contributed by atoms with E-state index in [0.29, 0.717) is 19.7 Å². The number of methoxy groups -OCH3 is 1. The molecule has 0 atom stereocenters. The lowest BCUT2D eigenvalue weighted by molar-refractivity contribution is 0.174. The number of nitrogens with zero attached hydrogens (tertiary/aromatic N) is 1. The highest BCUT2D eigenvalue weighted by Gasteiger charge is 2.13. The Morgan fingerprint density at radius 3 is 2.83 bits per heavy atom. The minimum absolute atomic E-state index is 0.0322. The number of rotatable bonds is 6. The molecular weight excluding hydrogens is 296 g/mol. The van der Waals surface area contributed by atoms with Gasteiger partial charge in [-0.25, -0.2) is 0 Å². The molecule has 1 aliphatic rings. The first-order chi connectivity index (χ1) is 11.2. The molecule has 0 fully saturated rings. The van der Waals surface area contributed by atoms with Gasteiger partial charge in [-0.3, -0.25) is 4.79 Å². The van der Waals surface area contributed by atoms with Crippen LogP contribution in [0.1, 0.15) is 11.3 Å². The van der Waals surface area contributed by atoms with E-state index in [1.165, 1.54) is 0 Å². The third kappa shape index (κ3) is 3.48. The highest BCUT2D eigenvalue weighted by Crippen LogP contribution is 2.32. The zero-order chi connectivity index (χ0) is 16.2. The van der Waals surface area contributed by atoms with Gasteiger partial charge in [0.2, 0.25) is 6.79 Å². The fourth-order valence-corrected chi connectivity index (χ4v) is 2.56. The molecule has 6 nitrogen and oxygen atoms in total. The topological polar surface area (TPSA) is 61.7 Å². The lowest BCUT2D eigenvalue weighted by Crippen LogP contribution is -2.24. The lowest BCUT2D eigenvalue weighted by Gasteiger charge is -2.12. The summed E-state index contributed by atoms with van der Waals surface area (Å²) in [4.78, 5) is 12.2. The van der Waals surface area contributed by atoms with Crippen molar-refractivity contribution >= 4 is 5.69 Å². The monoisotopic (exact) mass is 316 g/mol. The van der Waals surface area contributed by atoms with Crippen LogP contribution in [0.15, 0.2) is 35.1 Å². The second kappa shape index (κ2) is 6.75. The minimum Gasteiger partial charge on any atom is -0.454 e. The summed E-state index contributed by atoms with van der Waals surface area (Å²) < 4.78 is 17.4. The van der Waals surface area contributed by atoms with Crippen molar-refractivity contribution in [2.75, 3.05) is 25.8 Å². The quantitative estimate of drug-likeness (QED) is 0.885. The number of ether oxygens (including phenoxy) is 3. The van der Waals surface area contributed by atoms with Crippen molar-refractivity contribution in [1.82, 2.24) is 4.57 Å². The Balaban J connectivity index is 1.70. The molecule has 0 saturated heterocycles. The second-order valence-corrected chi connectivity index (χ2v) is 5.41. The smallest absolute Gasteiger partial charge is 0.252 e. The van der Waals surface area contributed by atoms with Gasteiger partial charge in [0.15, 0.2) is 11.5 Å². The summed E-state index contributed by atoms with van der Waals surface area (Å²) in [6.45, 7) is 3.87. The molecule has 6 heteroatoms. The summed E-state index contributed by atoms with van der Waals surface area (Å²) in [5.41, 5.74) is 2.74. The molecule has 0 unspecified atom stereocenters. The van der Waals surface area contributed by atoms with Crippen LogP contribution in [0.2, 0.25) is 0 Å². The van der Waals surface area contributed by atoms with Gasteiger partial charge in [-0.1, -0.05) is 6.07 Å². The molecule has 0 saturated carbocycles. The average molecular weight is 316 g/mol. The summed E-state index contributed by atoms with van der Waals surface area (Å²) in [6.07, 6.45) is 0. The van der Waals surface area contributed by atoms with Gasteiger partial charge in [0.05, 0.1) is 6.61 Å². The van der Waals surface area contributed by atoms with Crippen molar-refractivity contribution in [3.63, 3.8) is 0 Å². The van der Waals surface area contributed by atoms with Gasteiger partial charge in [0.1, 0.15) is 0 Å². The van der Waals surface area contributed by atoms with E-state index in [2.05, 4.69) is 5.32 Å². The van der Waals surface area contributed by atoms with Gasteiger partial charge in [0.25, 0.3) is 5.56 Å². The Morgan fingerprint density at radius 1 is 1.22 bits per heavy atom. The highest BCUT2D eigenvalue weighted by molar-refractivity contribution is 5.47. The Hall–Kier alpha value is -2.47. The largest absolute Gasteiger partial charge is 0.454 e. The Bertz CT molecular complexity index is 755. The molecule has 2 aromatic rings. The molecule has 0 radical (unpaired) electrons. The average Bonchev–Trinajstić information content (AvgIpc) is 3.00.